The smallest absolute Gasteiger partial charge is 0.317 e. The van der Waals surface area contributed by atoms with Gasteiger partial charge in [-0.3, -0.25) is 34.0 Å². The predicted molar refractivity (Wildman–Crippen MR) is 146 cm³/mol. The van der Waals surface area contributed by atoms with Gasteiger partial charge in [0.15, 0.2) is 5.11 Å². The van der Waals surface area contributed by atoms with Crippen molar-refractivity contribution in [2.75, 3.05) is 38.5 Å². The summed E-state index contributed by atoms with van der Waals surface area (Å²) in [5, 5.41) is 42.4. The molecular weight excluding hydrogens is 546 g/mol. The maximum atomic E-state index is 11.3. The number of hydrogen-bond donors (Lipinski definition) is 6. The van der Waals surface area contributed by atoms with Gasteiger partial charge in [0.1, 0.15) is 0 Å². The van der Waals surface area contributed by atoms with E-state index in [9.17, 15) is 29.4 Å². The zero-order valence-corrected chi connectivity index (χ0v) is 22.1. The number of carboxylic acids is 4. The fraction of sp³-hybridized carbons (Fsp3) is 0.292. The van der Waals surface area contributed by atoms with E-state index in [4.69, 9.17) is 28.3 Å². The van der Waals surface area contributed by atoms with E-state index in [1.165, 1.54) is 14.8 Å². The predicted octanol–water partition coefficient (Wildman–Crippen LogP) is 0.228. The number of aliphatic carboxylic acids is 4. The summed E-state index contributed by atoms with van der Waals surface area (Å²) < 4.78 is 0. The Morgan fingerprint density at radius 1 is 0.800 bits per heavy atom. The Morgan fingerprint density at radius 3 is 1.70 bits per heavy atom. The van der Waals surface area contributed by atoms with Gasteiger partial charge in [-0.15, -0.1) is 0 Å². The maximum absolute atomic E-state index is 11.3. The Kier molecular flexibility index (Phi) is 9.78. The minimum atomic E-state index is -1.20. The number of carboxylic acid groups (broad SMARTS) is 4. The SMILES string of the molecule is CN(N)C(=S)Nc1cc2ccc(CN(CC(=O)O)CC(=O)O)nc2c2nc(CN(CC(=O)O)CC(=O)O)ccc12. The Morgan fingerprint density at radius 2 is 1.25 bits per heavy atom. The standard InChI is InChI=1S/C24H27N7O8S/c1-29(25)24(40)28-17-6-13-2-3-14(7-30(9-18(32)33)10-19(34)35)26-22(13)23-16(17)5-4-15(27-23)8-31(11-20(36)37)12-21(38)39/h2-6H,7-12,25H2,1H3,(H,28,40)(H,32,33)(H,34,35)(H,36,37)(H,38,39). The molecule has 0 aliphatic rings. The van der Waals surface area contributed by atoms with Gasteiger partial charge < -0.3 is 25.7 Å². The van der Waals surface area contributed by atoms with Gasteiger partial charge in [-0.1, -0.05) is 6.07 Å². The normalized spacial score (nSPS) is 11.2. The Labute approximate surface area is 232 Å². The number of hydrazine groups is 1. The highest BCUT2D eigenvalue weighted by molar-refractivity contribution is 7.80. The molecule has 212 valence electrons. The average Bonchev–Trinajstić information content (AvgIpc) is 2.82. The Hall–Kier alpha value is -4.51. The lowest BCUT2D eigenvalue weighted by molar-refractivity contribution is -0.144. The van der Waals surface area contributed by atoms with Crippen molar-refractivity contribution in [2.24, 2.45) is 5.84 Å². The van der Waals surface area contributed by atoms with Crippen LogP contribution in [0.15, 0.2) is 30.3 Å². The first kappa shape index (κ1) is 30.0. The third kappa shape index (κ3) is 8.24. The number of thiocarbonyl (C=S) groups is 1. The van der Waals surface area contributed by atoms with Crippen LogP contribution in [-0.4, -0.2) is 107 Å². The highest BCUT2D eigenvalue weighted by Crippen LogP contribution is 2.31. The summed E-state index contributed by atoms with van der Waals surface area (Å²) >= 11 is 5.28. The third-order valence-corrected chi connectivity index (χ3v) is 5.91. The zero-order valence-electron chi connectivity index (χ0n) is 21.3. The molecule has 0 bridgehead atoms. The second-order valence-corrected chi connectivity index (χ2v) is 9.29. The van der Waals surface area contributed by atoms with E-state index >= 15 is 0 Å². The van der Waals surface area contributed by atoms with Gasteiger partial charge in [-0.25, -0.2) is 15.8 Å². The number of benzene rings is 1. The van der Waals surface area contributed by atoms with Crippen molar-refractivity contribution in [3.63, 3.8) is 0 Å². The number of nitrogens with zero attached hydrogens (tertiary/aromatic N) is 5. The van der Waals surface area contributed by atoms with Crippen molar-refractivity contribution in [1.82, 2.24) is 24.8 Å². The summed E-state index contributed by atoms with van der Waals surface area (Å²) in [6, 6.07) is 8.43. The number of rotatable bonds is 13. The van der Waals surface area contributed by atoms with Gasteiger partial charge in [0.25, 0.3) is 0 Å². The quantitative estimate of drug-likeness (QED) is 0.0696. The first-order valence-electron chi connectivity index (χ1n) is 11.7. The summed E-state index contributed by atoms with van der Waals surface area (Å²) in [5.74, 6) is 0.967. The molecule has 15 nitrogen and oxygen atoms in total. The van der Waals surface area contributed by atoms with Gasteiger partial charge in [0, 0.05) is 30.9 Å². The minimum Gasteiger partial charge on any atom is -0.480 e. The summed E-state index contributed by atoms with van der Waals surface area (Å²) in [5.41, 5.74) is 2.08. The fourth-order valence-corrected chi connectivity index (χ4v) is 4.10. The first-order valence-corrected chi connectivity index (χ1v) is 12.1. The van der Waals surface area contributed by atoms with Crippen LogP contribution in [-0.2, 0) is 32.3 Å². The molecule has 2 aromatic heterocycles. The third-order valence-electron chi connectivity index (χ3n) is 5.52. The number of anilines is 1. The molecule has 0 aliphatic heterocycles. The van der Waals surface area contributed by atoms with Crippen LogP contribution in [0.25, 0.3) is 21.8 Å². The summed E-state index contributed by atoms with van der Waals surface area (Å²) in [7, 11) is 1.56. The van der Waals surface area contributed by atoms with E-state index in [-0.39, 0.29) is 18.2 Å². The lowest BCUT2D eigenvalue weighted by atomic mass is 10.1. The van der Waals surface area contributed by atoms with Crippen molar-refractivity contribution in [3.8, 4) is 0 Å². The van der Waals surface area contributed by atoms with Gasteiger partial charge in [0.2, 0.25) is 0 Å². The Bertz CT molecular complexity index is 1450. The van der Waals surface area contributed by atoms with Crippen LogP contribution in [0.1, 0.15) is 11.4 Å². The molecule has 0 saturated carbocycles. The van der Waals surface area contributed by atoms with Crippen molar-refractivity contribution < 1.29 is 39.6 Å². The van der Waals surface area contributed by atoms with E-state index < -0.39 is 50.1 Å². The van der Waals surface area contributed by atoms with Crippen molar-refractivity contribution in [2.45, 2.75) is 13.1 Å². The monoisotopic (exact) mass is 573 g/mol. The molecule has 0 spiro atoms. The van der Waals surface area contributed by atoms with Crippen LogP contribution < -0.4 is 11.2 Å². The number of nitrogens with one attached hydrogen (secondary N) is 1. The fourth-order valence-electron chi connectivity index (χ4n) is 3.99. The first-order chi connectivity index (χ1) is 18.8. The van der Waals surface area contributed by atoms with E-state index in [0.29, 0.717) is 38.9 Å². The summed E-state index contributed by atoms with van der Waals surface area (Å²) in [6.45, 7) is -2.20. The molecule has 0 saturated heterocycles. The van der Waals surface area contributed by atoms with Crippen LogP contribution in [0.5, 0.6) is 0 Å². The lowest BCUT2D eigenvalue weighted by Gasteiger charge is -2.20. The molecule has 0 fully saturated rings. The van der Waals surface area contributed by atoms with E-state index in [2.05, 4.69) is 15.3 Å². The highest BCUT2D eigenvalue weighted by Gasteiger charge is 2.19. The average molecular weight is 574 g/mol. The number of pyridine rings is 2. The largest absolute Gasteiger partial charge is 0.480 e. The van der Waals surface area contributed by atoms with Gasteiger partial charge in [-0.2, -0.15) is 0 Å². The number of aromatic nitrogens is 2. The number of carbonyl (C=O) groups is 4. The van der Waals surface area contributed by atoms with Crippen LogP contribution in [0, 0.1) is 0 Å². The molecule has 0 unspecified atom stereocenters. The van der Waals surface area contributed by atoms with Gasteiger partial charge >= 0.3 is 23.9 Å². The second-order valence-electron chi connectivity index (χ2n) is 8.90. The molecule has 2 heterocycles. The number of hydrogen-bond acceptors (Lipinski definition) is 10. The van der Waals surface area contributed by atoms with Gasteiger partial charge in [-0.05, 0) is 36.5 Å². The zero-order chi connectivity index (χ0) is 29.6. The molecule has 0 amide bonds. The van der Waals surface area contributed by atoms with E-state index in [0.717, 1.165) is 0 Å². The van der Waals surface area contributed by atoms with Crippen LogP contribution in [0.3, 0.4) is 0 Å². The molecule has 40 heavy (non-hydrogen) atoms. The molecule has 3 rings (SSSR count). The molecule has 16 heteroatoms. The molecular formula is C24H27N7O8S. The molecule has 0 atom stereocenters. The molecule has 1 aromatic carbocycles. The highest BCUT2D eigenvalue weighted by atomic mass is 32.1. The molecule has 7 N–H and O–H groups in total. The summed E-state index contributed by atoms with van der Waals surface area (Å²) in [6.07, 6.45) is 0. The molecule has 0 radical (unpaired) electrons. The maximum Gasteiger partial charge on any atom is 0.317 e. The second kappa shape index (κ2) is 13.0. The van der Waals surface area contributed by atoms with E-state index in [1.54, 1.807) is 37.4 Å². The minimum absolute atomic E-state index is 0.0667. The number of nitrogens with two attached hydrogens (primary N) is 1. The van der Waals surface area contributed by atoms with Crippen LogP contribution in [0.2, 0.25) is 0 Å². The Balaban J connectivity index is 2.13. The van der Waals surface area contributed by atoms with Crippen molar-refractivity contribution in [3.05, 3.63) is 41.7 Å². The number of fused-ring (bicyclic) bond motifs is 3. The van der Waals surface area contributed by atoms with Crippen LogP contribution in [0.4, 0.5) is 5.69 Å². The molecule has 3 aromatic rings. The van der Waals surface area contributed by atoms with E-state index in [1.807, 2.05) is 0 Å². The summed E-state index contributed by atoms with van der Waals surface area (Å²) in [4.78, 5) is 56.7. The van der Waals surface area contributed by atoms with Crippen molar-refractivity contribution in [1.29, 1.82) is 0 Å². The van der Waals surface area contributed by atoms with Crippen molar-refractivity contribution >= 4 is 68.7 Å². The van der Waals surface area contributed by atoms with Crippen LogP contribution >= 0.6 is 12.2 Å². The lowest BCUT2D eigenvalue weighted by Crippen LogP contribution is -2.36. The topological polar surface area (TPSA) is 223 Å². The molecule has 0 aliphatic carbocycles. The van der Waals surface area contributed by atoms with Gasteiger partial charge in [0.05, 0.1) is 54.3 Å².